The van der Waals surface area contributed by atoms with E-state index in [-0.39, 0.29) is 17.2 Å². The van der Waals surface area contributed by atoms with Crippen molar-refractivity contribution in [2.45, 2.75) is 36.3 Å². The molecule has 0 radical (unpaired) electrons. The Balaban J connectivity index is 2.20. The molecule has 152 valence electrons. The molecule has 0 aliphatic carbocycles. The van der Waals surface area contributed by atoms with E-state index in [0.717, 1.165) is 0 Å². The van der Waals surface area contributed by atoms with Crippen LogP contribution < -0.4 is 0 Å². The highest BCUT2D eigenvalue weighted by Crippen LogP contribution is 2.30. The zero-order chi connectivity index (χ0) is 20.2. The number of thioether (sulfide) groups is 1. The SMILES string of the molecule is O=S(=O)([O-])O/N=C(/Cc1ccc(O)cc1)S[C@@H]1O[C@H](CO)[C@@H](O)[C@H](O)[C@H]1O. The lowest BCUT2D eigenvalue weighted by atomic mass is 10.0. The van der Waals surface area contributed by atoms with Crippen LogP contribution in [-0.4, -0.2) is 80.0 Å². The molecule has 0 unspecified atom stereocenters. The lowest BCUT2D eigenvalue weighted by Gasteiger charge is -2.39. The number of phenolic OH excluding ortho intramolecular Hbond substituents is 1. The summed E-state index contributed by atoms with van der Waals surface area (Å²) in [4.78, 5) is 0. The molecule has 1 saturated heterocycles. The van der Waals surface area contributed by atoms with Gasteiger partial charge in [-0.2, -0.15) is 8.42 Å². The molecule has 1 aliphatic rings. The molecule has 0 aromatic heterocycles. The fourth-order valence-corrected chi connectivity index (χ4v) is 3.60. The molecular formula is C14H18NO10S2-. The smallest absolute Gasteiger partial charge is 0.284 e. The maximum absolute atomic E-state index is 10.7. The number of hydrogen-bond acceptors (Lipinski definition) is 12. The van der Waals surface area contributed by atoms with Gasteiger partial charge in [0.1, 0.15) is 40.6 Å². The summed E-state index contributed by atoms with van der Waals surface area (Å²) in [5.41, 5.74) is -0.690. The second-order valence-electron chi connectivity index (χ2n) is 5.63. The normalized spacial score (nSPS) is 29.5. The van der Waals surface area contributed by atoms with E-state index < -0.39 is 46.9 Å². The second-order valence-corrected chi connectivity index (χ2v) is 7.76. The molecule has 1 heterocycles. The van der Waals surface area contributed by atoms with Gasteiger partial charge in [0.25, 0.3) is 10.4 Å². The third kappa shape index (κ3) is 6.29. The molecule has 5 N–H and O–H groups in total. The van der Waals surface area contributed by atoms with Crippen molar-refractivity contribution in [2.24, 2.45) is 5.16 Å². The van der Waals surface area contributed by atoms with Crippen LogP contribution in [0.1, 0.15) is 5.56 Å². The van der Waals surface area contributed by atoms with Gasteiger partial charge in [0.05, 0.1) is 6.61 Å². The molecule has 0 spiro atoms. The van der Waals surface area contributed by atoms with Crippen LogP contribution in [0.25, 0.3) is 0 Å². The molecule has 1 aromatic carbocycles. The fraction of sp³-hybridized carbons (Fsp3) is 0.500. The van der Waals surface area contributed by atoms with Gasteiger partial charge < -0.3 is 34.8 Å². The Morgan fingerprint density at radius 3 is 2.37 bits per heavy atom. The van der Waals surface area contributed by atoms with Crippen LogP contribution in [0.5, 0.6) is 5.75 Å². The summed E-state index contributed by atoms with van der Waals surface area (Å²) >= 11 is 0.643. The summed E-state index contributed by atoms with van der Waals surface area (Å²) in [7, 11) is -5.13. The maximum atomic E-state index is 10.7. The zero-order valence-corrected chi connectivity index (χ0v) is 15.3. The van der Waals surface area contributed by atoms with Crippen molar-refractivity contribution in [3.63, 3.8) is 0 Å². The molecule has 11 nitrogen and oxygen atoms in total. The third-order valence-corrected chi connectivity index (χ3v) is 4.99. The van der Waals surface area contributed by atoms with E-state index in [1.807, 2.05) is 0 Å². The minimum absolute atomic E-state index is 0.00258. The summed E-state index contributed by atoms with van der Waals surface area (Å²) in [6.07, 6.45) is -6.01. The number of hydrogen-bond donors (Lipinski definition) is 5. The molecule has 0 amide bonds. The maximum Gasteiger partial charge on any atom is 0.284 e. The van der Waals surface area contributed by atoms with Crippen LogP contribution in [-0.2, 0) is 25.8 Å². The van der Waals surface area contributed by atoms with Gasteiger partial charge in [-0.15, -0.1) is 0 Å². The summed E-state index contributed by atoms with van der Waals surface area (Å²) in [6, 6.07) is 5.75. The van der Waals surface area contributed by atoms with Crippen molar-refractivity contribution in [1.82, 2.24) is 0 Å². The minimum Gasteiger partial charge on any atom is -0.714 e. The number of aliphatic hydroxyl groups excluding tert-OH is 4. The molecular weight excluding hydrogens is 406 g/mol. The van der Waals surface area contributed by atoms with Crippen molar-refractivity contribution in [3.8, 4) is 5.75 Å². The highest BCUT2D eigenvalue weighted by molar-refractivity contribution is 8.14. The van der Waals surface area contributed by atoms with Crippen LogP contribution in [0.3, 0.4) is 0 Å². The summed E-state index contributed by atoms with van der Waals surface area (Å²) in [6.45, 7) is -0.641. The number of oxime groups is 1. The van der Waals surface area contributed by atoms with Crippen LogP contribution in [0.4, 0.5) is 0 Å². The van der Waals surface area contributed by atoms with Crippen molar-refractivity contribution < 1.29 is 47.5 Å². The van der Waals surface area contributed by atoms with E-state index in [9.17, 15) is 38.5 Å². The Bertz CT molecular complexity index is 752. The van der Waals surface area contributed by atoms with Gasteiger partial charge in [0, 0.05) is 6.42 Å². The molecule has 1 fully saturated rings. The number of nitrogens with zero attached hydrogens (tertiary/aromatic N) is 1. The first-order valence-corrected chi connectivity index (χ1v) is 9.78. The van der Waals surface area contributed by atoms with Gasteiger partial charge in [-0.05, 0) is 17.7 Å². The minimum atomic E-state index is -5.13. The molecule has 1 aliphatic heterocycles. The van der Waals surface area contributed by atoms with Crippen molar-refractivity contribution in [1.29, 1.82) is 0 Å². The Morgan fingerprint density at radius 1 is 1.19 bits per heavy atom. The van der Waals surface area contributed by atoms with Crippen molar-refractivity contribution >= 4 is 27.2 Å². The first kappa shape index (κ1) is 21.8. The molecule has 1 aromatic rings. The molecule has 13 heteroatoms. The van der Waals surface area contributed by atoms with E-state index in [1.54, 1.807) is 0 Å². The van der Waals surface area contributed by atoms with Crippen LogP contribution >= 0.6 is 11.8 Å². The van der Waals surface area contributed by atoms with Crippen LogP contribution in [0.2, 0.25) is 0 Å². The first-order chi connectivity index (χ1) is 12.6. The van der Waals surface area contributed by atoms with E-state index >= 15 is 0 Å². The number of aromatic hydroxyl groups is 1. The Morgan fingerprint density at radius 2 is 1.81 bits per heavy atom. The molecule has 27 heavy (non-hydrogen) atoms. The average molecular weight is 424 g/mol. The van der Waals surface area contributed by atoms with E-state index in [2.05, 4.69) is 9.44 Å². The lowest BCUT2D eigenvalue weighted by molar-refractivity contribution is -0.205. The topological polar surface area (TPSA) is 189 Å². The number of ether oxygens (including phenoxy) is 1. The predicted octanol–water partition coefficient (Wildman–Crippen LogP) is -1.74. The van der Waals surface area contributed by atoms with Crippen molar-refractivity contribution in [3.05, 3.63) is 29.8 Å². The number of benzene rings is 1. The standard InChI is InChI=1S/C14H19NO10S2/c16-6-9-11(18)12(19)13(20)14(24-9)26-10(15-25-27(21,22)23)5-7-1-3-8(17)4-2-7/h1-4,9,11-14,16-20H,5-6H2,(H,21,22,23)/p-1/b15-10-/t9-,11-,12+,13-,14+/m1/s1. The number of phenols is 1. The number of rotatable bonds is 6. The van der Waals surface area contributed by atoms with Gasteiger partial charge >= 0.3 is 0 Å². The van der Waals surface area contributed by atoms with Crippen molar-refractivity contribution in [2.75, 3.05) is 6.61 Å². The summed E-state index contributed by atoms with van der Waals surface area (Å²) in [5, 5.41) is 51.3. The second kappa shape index (κ2) is 9.16. The average Bonchev–Trinajstić information content (AvgIpc) is 2.61. The summed E-state index contributed by atoms with van der Waals surface area (Å²) < 4.78 is 41.2. The zero-order valence-electron chi connectivity index (χ0n) is 13.7. The van der Waals surface area contributed by atoms with Gasteiger partial charge in [0.15, 0.2) is 0 Å². The van der Waals surface area contributed by atoms with Crippen LogP contribution in [0, 0.1) is 0 Å². The molecule has 5 atom stereocenters. The fourth-order valence-electron chi connectivity index (χ4n) is 2.27. The Kier molecular flexibility index (Phi) is 7.41. The highest BCUT2D eigenvalue weighted by Gasteiger charge is 2.44. The van der Waals surface area contributed by atoms with Gasteiger partial charge in [-0.1, -0.05) is 29.1 Å². The summed E-state index contributed by atoms with van der Waals surface area (Å²) in [5.74, 6) is -0.00258. The highest BCUT2D eigenvalue weighted by atomic mass is 32.3. The van der Waals surface area contributed by atoms with Gasteiger partial charge in [-0.25, -0.2) is 0 Å². The molecule has 2 rings (SSSR count). The largest absolute Gasteiger partial charge is 0.714 e. The van der Waals surface area contributed by atoms with Gasteiger partial charge in [-0.3, -0.25) is 4.28 Å². The Labute approximate surface area is 158 Å². The molecule has 0 saturated carbocycles. The van der Waals surface area contributed by atoms with E-state index in [4.69, 9.17) is 4.74 Å². The third-order valence-electron chi connectivity index (χ3n) is 3.62. The molecule has 0 bridgehead atoms. The van der Waals surface area contributed by atoms with Gasteiger partial charge in [0.2, 0.25) is 0 Å². The predicted molar refractivity (Wildman–Crippen MR) is 91.4 cm³/mol. The quantitative estimate of drug-likeness (QED) is 0.115. The first-order valence-electron chi connectivity index (χ1n) is 7.57. The number of aliphatic hydroxyl groups is 4. The lowest BCUT2D eigenvalue weighted by Crippen LogP contribution is -2.57. The van der Waals surface area contributed by atoms with E-state index in [1.165, 1.54) is 24.3 Å². The van der Waals surface area contributed by atoms with Crippen LogP contribution in [0.15, 0.2) is 29.4 Å². The van der Waals surface area contributed by atoms with E-state index in [0.29, 0.717) is 17.3 Å². The Hall–Kier alpha value is -1.45. The monoisotopic (exact) mass is 424 g/mol.